The molecule has 0 amide bonds. The number of phenols is 1. The smallest absolute Gasteiger partial charge is 0.435 e. The number of aromatic hydroxyl groups is 1. The van der Waals surface area contributed by atoms with Gasteiger partial charge in [0.2, 0.25) is 10.2 Å². The molecule has 0 fully saturated rings. The molecule has 5 nitrogen and oxygen atoms in total. The van der Waals surface area contributed by atoms with E-state index in [9.17, 15) is 27.0 Å². The van der Waals surface area contributed by atoms with Gasteiger partial charge in [-0.1, -0.05) is 22.4 Å². The van der Waals surface area contributed by atoms with Crippen LogP contribution < -0.4 is 0 Å². The Morgan fingerprint density at radius 2 is 1.71 bits per heavy atom. The SMILES string of the molecule is C[S+](=O)(O)c1cccc(-c2ccc(-c3cc(C(F)(F)F)nn3-c3cccc(O)c3)s2)c1. The maximum absolute atomic E-state index is 13.3. The van der Waals surface area contributed by atoms with Gasteiger partial charge in [-0.05, 0) is 42.0 Å². The number of benzene rings is 2. The van der Waals surface area contributed by atoms with E-state index in [4.69, 9.17) is 0 Å². The largest absolute Gasteiger partial charge is 0.508 e. The lowest BCUT2D eigenvalue weighted by Crippen LogP contribution is -2.07. The minimum atomic E-state index is -4.63. The molecule has 0 radical (unpaired) electrons. The van der Waals surface area contributed by atoms with Crippen molar-refractivity contribution in [3.05, 3.63) is 72.4 Å². The second-order valence-electron chi connectivity index (χ2n) is 6.84. The van der Waals surface area contributed by atoms with Crippen LogP contribution in [-0.2, 0) is 20.6 Å². The van der Waals surface area contributed by atoms with Gasteiger partial charge in [0, 0.05) is 17.0 Å². The Morgan fingerprint density at radius 3 is 2.39 bits per heavy atom. The van der Waals surface area contributed by atoms with E-state index in [-0.39, 0.29) is 22.0 Å². The van der Waals surface area contributed by atoms with Gasteiger partial charge in [-0.3, -0.25) is 0 Å². The third-order valence-corrected chi connectivity index (χ3v) is 6.77. The number of rotatable bonds is 4. The molecule has 4 aromatic rings. The molecule has 0 aliphatic rings. The minimum Gasteiger partial charge on any atom is -0.508 e. The molecule has 0 aliphatic carbocycles. The van der Waals surface area contributed by atoms with Crippen molar-refractivity contribution >= 4 is 21.6 Å². The number of hydrogen-bond acceptors (Lipinski definition) is 4. The number of halogens is 3. The van der Waals surface area contributed by atoms with Gasteiger partial charge in [0.1, 0.15) is 12.0 Å². The van der Waals surface area contributed by atoms with Crippen molar-refractivity contribution in [2.24, 2.45) is 0 Å². The van der Waals surface area contributed by atoms with Crippen molar-refractivity contribution in [3.8, 4) is 32.4 Å². The molecule has 0 spiro atoms. The molecule has 160 valence electrons. The van der Waals surface area contributed by atoms with Crippen molar-refractivity contribution in [3.63, 3.8) is 0 Å². The van der Waals surface area contributed by atoms with Gasteiger partial charge >= 0.3 is 6.18 Å². The first kappa shape index (κ1) is 21.3. The summed E-state index contributed by atoms with van der Waals surface area (Å²) < 4.78 is 62.9. The molecule has 0 saturated carbocycles. The van der Waals surface area contributed by atoms with Crippen LogP contribution in [0, 0.1) is 0 Å². The summed E-state index contributed by atoms with van der Waals surface area (Å²) in [4.78, 5) is 1.51. The van der Waals surface area contributed by atoms with E-state index in [1.807, 2.05) is 0 Å². The Kier molecular flexibility index (Phi) is 5.24. The molecular formula is C21H16F3N2O3S2+. The summed E-state index contributed by atoms with van der Waals surface area (Å²) in [6.07, 6.45) is -3.41. The molecule has 2 aromatic carbocycles. The number of nitrogens with zero attached hydrogens (tertiary/aromatic N) is 2. The summed E-state index contributed by atoms with van der Waals surface area (Å²) in [6, 6.07) is 16.7. The van der Waals surface area contributed by atoms with Crippen LogP contribution in [0.5, 0.6) is 5.75 Å². The van der Waals surface area contributed by atoms with E-state index >= 15 is 0 Å². The standard InChI is InChI=1S/C21H15F3N2O3S2/c1-31(28,29)16-7-2-4-13(10-16)18-8-9-19(30-18)17-12-20(21(22,23)24)25-26(17)14-5-3-6-15(27)11-14/h2-12H,1H3,(H-,27,28,29)/p+1. The van der Waals surface area contributed by atoms with Gasteiger partial charge < -0.3 is 5.11 Å². The van der Waals surface area contributed by atoms with E-state index in [0.717, 1.165) is 15.6 Å². The molecular weight excluding hydrogens is 449 g/mol. The van der Waals surface area contributed by atoms with Crippen LogP contribution in [-0.4, -0.2) is 25.7 Å². The lowest BCUT2D eigenvalue weighted by Gasteiger charge is -2.06. The summed E-state index contributed by atoms with van der Waals surface area (Å²) >= 11 is 1.23. The minimum absolute atomic E-state index is 0.0941. The van der Waals surface area contributed by atoms with Gasteiger partial charge in [0.25, 0.3) is 0 Å². The van der Waals surface area contributed by atoms with Gasteiger partial charge in [0.15, 0.2) is 10.6 Å². The summed E-state index contributed by atoms with van der Waals surface area (Å²) in [5, 5.41) is 13.5. The molecule has 2 aromatic heterocycles. The van der Waals surface area contributed by atoms with E-state index in [0.29, 0.717) is 10.4 Å². The normalized spacial score (nSPS) is 13.8. The zero-order chi connectivity index (χ0) is 22.4. The Hall–Kier alpha value is -2.95. The number of aromatic nitrogens is 2. The van der Waals surface area contributed by atoms with Crippen LogP contribution in [0.3, 0.4) is 0 Å². The highest BCUT2D eigenvalue weighted by Crippen LogP contribution is 2.39. The third kappa shape index (κ3) is 4.41. The van der Waals surface area contributed by atoms with E-state index in [2.05, 4.69) is 5.10 Å². The number of thiophene rings is 1. The first-order chi connectivity index (χ1) is 14.5. The van der Waals surface area contributed by atoms with Crippen molar-refractivity contribution in [2.75, 3.05) is 6.26 Å². The predicted molar refractivity (Wildman–Crippen MR) is 114 cm³/mol. The van der Waals surface area contributed by atoms with Gasteiger partial charge in [0.05, 0.1) is 16.3 Å². The van der Waals surface area contributed by atoms with Crippen LogP contribution in [0.2, 0.25) is 0 Å². The van der Waals surface area contributed by atoms with E-state index in [1.54, 1.807) is 42.5 Å². The van der Waals surface area contributed by atoms with Crippen molar-refractivity contribution in [1.82, 2.24) is 9.78 Å². The zero-order valence-electron chi connectivity index (χ0n) is 16.0. The van der Waals surface area contributed by atoms with Crippen LogP contribution in [0.25, 0.3) is 26.7 Å². The first-order valence-corrected chi connectivity index (χ1v) is 11.7. The lowest BCUT2D eigenvalue weighted by atomic mass is 10.2. The molecule has 0 aliphatic heterocycles. The highest BCUT2D eigenvalue weighted by Gasteiger charge is 2.35. The number of hydrogen-bond donors (Lipinski definition) is 2. The molecule has 1 unspecified atom stereocenters. The Morgan fingerprint density at radius 1 is 1.00 bits per heavy atom. The monoisotopic (exact) mass is 465 g/mol. The first-order valence-electron chi connectivity index (χ1n) is 8.91. The molecule has 31 heavy (non-hydrogen) atoms. The number of alkyl halides is 3. The summed E-state index contributed by atoms with van der Waals surface area (Å²) in [5.74, 6) is -0.0941. The van der Waals surface area contributed by atoms with E-state index < -0.39 is 22.1 Å². The fourth-order valence-corrected chi connectivity index (χ4v) is 4.71. The quantitative estimate of drug-likeness (QED) is 0.365. The fourth-order valence-electron chi connectivity index (χ4n) is 3.03. The molecule has 10 heteroatoms. The fraction of sp³-hybridized carbons (Fsp3) is 0.0952. The molecule has 0 bridgehead atoms. The highest BCUT2D eigenvalue weighted by atomic mass is 32.3. The van der Waals surface area contributed by atoms with Crippen molar-refractivity contribution in [1.29, 1.82) is 0 Å². The van der Waals surface area contributed by atoms with Gasteiger partial charge in [-0.2, -0.15) is 22.8 Å². The maximum Gasteiger partial charge on any atom is 0.435 e. The molecule has 2 heterocycles. The molecule has 0 saturated heterocycles. The average molecular weight is 465 g/mol. The second-order valence-corrected chi connectivity index (χ2v) is 10.00. The number of phenolic OH excluding ortho intramolecular Hbond substituents is 1. The summed E-state index contributed by atoms with van der Waals surface area (Å²) in [6.45, 7) is 0. The third-order valence-electron chi connectivity index (χ3n) is 4.49. The topological polar surface area (TPSA) is 75.3 Å². The van der Waals surface area contributed by atoms with Crippen molar-refractivity contribution in [2.45, 2.75) is 11.1 Å². The Balaban J connectivity index is 1.82. The van der Waals surface area contributed by atoms with Crippen LogP contribution in [0.1, 0.15) is 5.69 Å². The van der Waals surface area contributed by atoms with Crippen LogP contribution in [0.15, 0.2) is 71.6 Å². The molecule has 2 N–H and O–H groups in total. The maximum atomic E-state index is 13.3. The lowest BCUT2D eigenvalue weighted by molar-refractivity contribution is -0.141. The Bertz CT molecular complexity index is 1310. The summed E-state index contributed by atoms with van der Waals surface area (Å²) in [5.41, 5.74) is 0.130. The van der Waals surface area contributed by atoms with Crippen LogP contribution in [0.4, 0.5) is 13.2 Å². The second kappa shape index (κ2) is 7.63. The van der Waals surface area contributed by atoms with Gasteiger partial charge in [-0.15, -0.1) is 11.3 Å². The highest BCUT2D eigenvalue weighted by molar-refractivity contribution is 7.97. The van der Waals surface area contributed by atoms with Crippen molar-refractivity contribution < 1.29 is 27.0 Å². The van der Waals surface area contributed by atoms with Crippen LogP contribution >= 0.6 is 11.3 Å². The molecule has 1 atom stereocenters. The average Bonchev–Trinajstić information content (AvgIpc) is 3.34. The van der Waals surface area contributed by atoms with Gasteiger partial charge in [-0.25, -0.2) is 4.68 Å². The zero-order valence-corrected chi connectivity index (χ0v) is 17.6. The predicted octanol–water partition coefficient (Wildman–Crippen LogP) is 5.95. The molecule has 4 rings (SSSR count). The summed E-state index contributed by atoms with van der Waals surface area (Å²) in [7, 11) is -3.15. The van der Waals surface area contributed by atoms with E-state index in [1.165, 1.54) is 35.8 Å². The Labute approximate surface area is 180 Å².